The van der Waals surface area contributed by atoms with Crippen LogP contribution in [0.2, 0.25) is 0 Å². The second-order valence-electron chi connectivity index (χ2n) is 6.67. The molecule has 0 saturated heterocycles. The summed E-state index contributed by atoms with van der Waals surface area (Å²) in [5.41, 5.74) is -0.0917. The Hall–Kier alpha value is -1.65. The molecule has 1 aromatic rings. The van der Waals surface area contributed by atoms with Crippen molar-refractivity contribution in [1.29, 1.82) is 0 Å². The number of aromatic carboxylic acids is 1. The Morgan fingerprint density at radius 2 is 2.11 bits per heavy atom. The maximum atomic E-state index is 13.1. The molecule has 3 unspecified atom stereocenters. The minimum atomic E-state index is -2.58. The summed E-state index contributed by atoms with van der Waals surface area (Å²) in [4.78, 5) is 17.3. The van der Waals surface area contributed by atoms with Gasteiger partial charge in [-0.3, -0.25) is 0 Å². The summed E-state index contributed by atoms with van der Waals surface area (Å²) in [6.07, 6.45) is -0.195. The fourth-order valence-corrected chi connectivity index (χ4v) is 3.52. The van der Waals surface area contributed by atoms with E-state index in [1.165, 1.54) is 34.7 Å². The van der Waals surface area contributed by atoms with Crippen LogP contribution < -0.4 is 9.21 Å². The number of ether oxygens (including phenoxy) is 1. The summed E-state index contributed by atoms with van der Waals surface area (Å²) < 4.78 is 44.6. The van der Waals surface area contributed by atoms with E-state index in [0.717, 1.165) is 6.42 Å². The zero-order chi connectivity index (χ0) is 20.1. The van der Waals surface area contributed by atoms with E-state index in [9.17, 15) is 23.2 Å². The molecule has 152 valence electrons. The van der Waals surface area contributed by atoms with Crippen molar-refractivity contribution in [1.82, 2.24) is 4.98 Å². The summed E-state index contributed by atoms with van der Waals surface area (Å²) in [6, 6.07) is 2.58. The lowest BCUT2D eigenvalue weighted by atomic mass is 10.2. The maximum absolute atomic E-state index is 13.1. The van der Waals surface area contributed by atoms with E-state index in [2.05, 4.69) is 4.98 Å². The molecule has 27 heavy (non-hydrogen) atoms. The lowest BCUT2D eigenvalue weighted by Gasteiger charge is -2.27. The minimum Gasteiger partial charge on any atom is -0.593 e. The van der Waals surface area contributed by atoms with Gasteiger partial charge in [0.25, 0.3) is 6.43 Å². The van der Waals surface area contributed by atoms with Crippen molar-refractivity contribution < 1.29 is 28.0 Å². The monoisotopic (exact) mass is 405 g/mol. The van der Waals surface area contributed by atoms with Gasteiger partial charge in [0, 0.05) is 13.7 Å². The molecule has 10 heteroatoms. The van der Waals surface area contributed by atoms with Gasteiger partial charge in [-0.25, -0.2) is 18.6 Å². The predicted molar refractivity (Wildman–Crippen MR) is 100.0 cm³/mol. The molecule has 1 aromatic heterocycles. The average Bonchev–Trinajstić information content (AvgIpc) is 3.28. The Labute approximate surface area is 160 Å². The highest BCUT2D eigenvalue weighted by molar-refractivity contribution is 7.92. The molecule has 2 rings (SSSR count). The average molecular weight is 405 g/mol. The SMILES string of the molecule is COCCN(c1cc(C(=O)O)cc(N(CC(F)F)CC2CC2C)n1)[S+](C)[O-]. The summed E-state index contributed by atoms with van der Waals surface area (Å²) >= 11 is -1.48. The number of carboxylic acid groups (broad SMARTS) is 1. The van der Waals surface area contributed by atoms with Crippen LogP contribution in [-0.4, -0.2) is 66.6 Å². The van der Waals surface area contributed by atoms with Crippen LogP contribution in [0, 0.1) is 11.8 Å². The van der Waals surface area contributed by atoms with Crippen LogP contribution in [0.4, 0.5) is 20.4 Å². The molecule has 0 radical (unpaired) electrons. The molecule has 1 saturated carbocycles. The summed E-state index contributed by atoms with van der Waals surface area (Å²) in [6.45, 7) is 2.38. The maximum Gasteiger partial charge on any atom is 0.335 e. The molecule has 1 N–H and O–H groups in total. The Morgan fingerprint density at radius 1 is 1.48 bits per heavy atom. The number of rotatable bonds is 11. The van der Waals surface area contributed by atoms with Gasteiger partial charge < -0.3 is 19.3 Å². The molecule has 1 aliphatic rings. The number of methoxy groups -OCH3 is 1. The van der Waals surface area contributed by atoms with Gasteiger partial charge in [0.05, 0.1) is 36.6 Å². The van der Waals surface area contributed by atoms with Crippen molar-refractivity contribution in [2.75, 3.05) is 48.8 Å². The Morgan fingerprint density at radius 3 is 2.59 bits per heavy atom. The highest BCUT2D eigenvalue weighted by Crippen LogP contribution is 2.39. The Kier molecular flexibility index (Phi) is 7.63. The van der Waals surface area contributed by atoms with Crippen LogP contribution in [0.1, 0.15) is 23.7 Å². The van der Waals surface area contributed by atoms with Crippen molar-refractivity contribution >= 4 is 29.0 Å². The number of halogens is 2. The zero-order valence-corrected chi connectivity index (χ0v) is 16.4. The Balaban J connectivity index is 2.39. The van der Waals surface area contributed by atoms with Crippen molar-refractivity contribution in [3.8, 4) is 0 Å². The van der Waals surface area contributed by atoms with Gasteiger partial charge in [0.15, 0.2) is 5.82 Å². The van der Waals surface area contributed by atoms with E-state index in [1.807, 2.05) is 6.92 Å². The fraction of sp³-hybridized carbons (Fsp3) is 0.647. The number of carboxylic acids is 1. The van der Waals surface area contributed by atoms with Crippen molar-refractivity contribution in [3.63, 3.8) is 0 Å². The van der Waals surface area contributed by atoms with Gasteiger partial charge in [-0.15, -0.1) is 0 Å². The lowest BCUT2D eigenvalue weighted by molar-refractivity contribution is 0.0697. The van der Waals surface area contributed by atoms with E-state index >= 15 is 0 Å². The molecule has 0 bridgehead atoms. The smallest absolute Gasteiger partial charge is 0.335 e. The number of nitrogens with zero attached hydrogens (tertiary/aromatic N) is 3. The summed E-state index contributed by atoms with van der Waals surface area (Å²) in [5, 5.41) is 9.42. The largest absolute Gasteiger partial charge is 0.593 e. The zero-order valence-electron chi connectivity index (χ0n) is 15.6. The first-order chi connectivity index (χ1) is 12.7. The van der Waals surface area contributed by atoms with Crippen LogP contribution in [0.5, 0.6) is 0 Å². The first-order valence-electron chi connectivity index (χ1n) is 8.61. The minimum absolute atomic E-state index is 0.0917. The van der Waals surface area contributed by atoms with Crippen LogP contribution in [-0.2, 0) is 16.1 Å². The van der Waals surface area contributed by atoms with Gasteiger partial charge in [-0.05, 0) is 30.4 Å². The van der Waals surface area contributed by atoms with Gasteiger partial charge in [-0.1, -0.05) is 6.92 Å². The normalized spacial score (nSPS) is 19.8. The van der Waals surface area contributed by atoms with Crippen LogP contribution in [0.15, 0.2) is 12.1 Å². The van der Waals surface area contributed by atoms with E-state index in [-0.39, 0.29) is 36.3 Å². The third-order valence-corrected chi connectivity index (χ3v) is 5.51. The van der Waals surface area contributed by atoms with Crippen LogP contribution >= 0.6 is 0 Å². The lowest BCUT2D eigenvalue weighted by Crippen LogP contribution is -2.36. The summed E-state index contributed by atoms with van der Waals surface area (Å²) in [5.74, 6) is -0.158. The molecule has 1 fully saturated rings. The summed E-state index contributed by atoms with van der Waals surface area (Å²) in [7, 11) is 1.49. The molecule has 1 heterocycles. The Bertz CT molecular complexity index is 651. The number of anilines is 2. The van der Waals surface area contributed by atoms with Gasteiger partial charge in [-0.2, -0.15) is 4.31 Å². The number of aromatic nitrogens is 1. The molecular formula is C17H25F2N3O4S. The molecule has 0 spiro atoms. The quantitative estimate of drug-likeness (QED) is 0.565. The molecule has 1 aliphatic carbocycles. The molecule has 0 amide bonds. The second-order valence-corrected chi connectivity index (χ2v) is 7.95. The highest BCUT2D eigenvalue weighted by atomic mass is 32.2. The second kappa shape index (κ2) is 9.52. The molecule has 7 nitrogen and oxygen atoms in total. The van der Waals surface area contributed by atoms with Crippen molar-refractivity contribution in [3.05, 3.63) is 17.7 Å². The number of carbonyl (C=O) groups is 1. The third kappa shape index (κ3) is 6.18. The molecule has 3 atom stereocenters. The van der Waals surface area contributed by atoms with Crippen LogP contribution in [0.3, 0.4) is 0 Å². The standard InChI is InChI=1S/C17H25F2N3O4S/c1-11-6-13(11)9-21(10-14(18)19)15-7-12(17(23)24)8-16(20-15)22(27(3)25)4-5-26-2/h7-8,11,13-14H,4-6,9-10H2,1-3H3,(H,23,24). The van der Waals surface area contributed by atoms with Crippen molar-refractivity contribution in [2.24, 2.45) is 11.8 Å². The van der Waals surface area contributed by atoms with Gasteiger partial charge >= 0.3 is 5.97 Å². The van der Waals surface area contributed by atoms with E-state index in [0.29, 0.717) is 12.5 Å². The van der Waals surface area contributed by atoms with Gasteiger partial charge in [0.1, 0.15) is 12.1 Å². The number of hydrogen-bond acceptors (Lipinski definition) is 6. The highest BCUT2D eigenvalue weighted by Gasteiger charge is 2.35. The van der Waals surface area contributed by atoms with E-state index < -0.39 is 30.3 Å². The van der Waals surface area contributed by atoms with Crippen molar-refractivity contribution in [2.45, 2.75) is 19.8 Å². The third-order valence-electron chi connectivity index (χ3n) is 4.52. The first kappa shape index (κ1) is 21.6. The molecule has 0 aromatic carbocycles. The van der Waals surface area contributed by atoms with Crippen LogP contribution in [0.25, 0.3) is 0 Å². The number of alkyl halides is 2. The van der Waals surface area contributed by atoms with E-state index in [1.54, 1.807) is 0 Å². The molecule has 0 aliphatic heterocycles. The fourth-order valence-electron chi connectivity index (χ4n) is 2.83. The first-order valence-corrected chi connectivity index (χ1v) is 10.1. The van der Waals surface area contributed by atoms with E-state index in [4.69, 9.17) is 4.74 Å². The number of pyridine rings is 1. The molecular weight excluding hydrogens is 380 g/mol. The topological polar surface area (TPSA) is 89.0 Å². The number of hydrogen-bond donors (Lipinski definition) is 1. The predicted octanol–water partition coefficient (Wildman–Crippen LogP) is 2.25. The van der Waals surface area contributed by atoms with Gasteiger partial charge in [0.2, 0.25) is 0 Å².